The van der Waals surface area contributed by atoms with Gasteiger partial charge in [0.05, 0.1) is 19.4 Å². The Bertz CT molecular complexity index is 385. The van der Waals surface area contributed by atoms with Gasteiger partial charge in [-0.1, -0.05) is 0 Å². The van der Waals surface area contributed by atoms with Crippen molar-refractivity contribution in [2.75, 3.05) is 26.7 Å². The van der Waals surface area contributed by atoms with Gasteiger partial charge in [-0.2, -0.15) is 0 Å². The zero-order valence-corrected chi connectivity index (χ0v) is 12.2. The Balaban J connectivity index is 2.73. The lowest BCUT2D eigenvalue weighted by molar-refractivity contribution is 0.172. The fourth-order valence-electron chi connectivity index (χ4n) is 1.85. The van der Waals surface area contributed by atoms with E-state index in [0.29, 0.717) is 19.0 Å². The Morgan fingerprint density at radius 1 is 1.39 bits per heavy atom. The zero-order chi connectivity index (χ0) is 13.5. The van der Waals surface area contributed by atoms with E-state index in [-0.39, 0.29) is 6.04 Å². The molecule has 1 aromatic heterocycles. The van der Waals surface area contributed by atoms with Gasteiger partial charge in [0.25, 0.3) is 0 Å². The van der Waals surface area contributed by atoms with Gasteiger partial charge in [-0.25, -0.2) is 0 Å². The number of alkyl halides is 1. The van der Waals surface area contributed by atoms with Crippen molar-refractivity contribution in [1.82, 2.24) is 10.3 Å². The number of ether oxygens (including phenoxy) is 2. The first-order valence-electron chi connectivity index (χ1n) is 5.91. The fraction of sp³-hybridized carbons (Fsp3) is 0.615. The number of hydrogen-bond donors (Lipinski definition) is 1. The van der Waals surface area contributed by atoms with E-state index >= 15 is 0 Å². The van der Waals surface area contributed by atoms with Crippen molar-refractivity contribution >= 4 is 11.6 Å². The van der Waals surface area contributed by atoms with Gasteiger partial charge in [0, 0.05) is 42.9 Å². The number of hydrogen-bond acceptors (Lipinski definition) is 4. The highest BCUT2D eigenvalue weighted by Gasteiger charge is 2.11. The van der Waals surface area contributed by atoms with Crippen molar-refractivity contribution in [1.29, 1.82) is 0 Å². The van der Waals surface area contributed by atoms with E-state index in [0.717, 1.165) is 22.6 Å². The van der Waals surface area contributed by atoms with Crippen molar-refractivity contribution in [2.45, 2.75) is 26.4 Å². The summed E-state index contributed by atoms with van der Waals surface area (Å²) in [5.41, 5.74) is 3.09. The largest absolute Gasteiger partial charge is 0.496 e. The summed E-state index contributed by atoms with van der Waals surface area (Å²) in [4.78, 5) is 4.43. The van der Waals surface area contributed by atoms with Crippen molar-refractivity contribution in [3.8, 4) is 5.75 Å². The highest BCUT2D eigenvalue weighted by molar-refractivity contribution is 6.18. The van der Waals surface area contributed by atoms with Crippen LogP contribution in [-0.2, 0) is 11.3 Å². The molecule has 0 aliphatic carbocycles. The SMILES string of the molecule is COCC(CCl)NCc1ncc(C)c(OC)c1C. The Morgan fingerprint density at radius 2 is 2.11 bits per heavy atom. The van der Waals surface area contributed by atoms with Gasteiger partial charge in [0.1, 0.15) is 5.75 Å². The Labute approximate surface area is 114 Å². The first-order chi connectivity index (χ1) is 8.63. The lowest BCUT2D eigenvalue weighted by Gasteiger charge is -2.17. The molecule has 4 nitrogen and oxygen atoms in total. The van der Waals surface area contributed by atoms with Gasteiger partial charge >= 0.3 is 0 Å². The van der Waals surface area contributed by atoms with Crippen LogP contribution in [-0.4, -0.2) is 37.7 Å². The molecule has 102 valence electrons. The van der Waals surface area contributed by atoms with Gasteiger partial charge in [-0.05, 0) is 13.8 Å². The van der Waals surface area contributed by atoms with Crippen LogP contribution in [0.25, 0.3) is 0 Å². The average molecular weight is 273 g/mol. The molecule has 1 aromatic rings. The number of halogens is 1. The summed E-state index contributed by atoms with van der Waals surface area (Å²) in [5, 5.41) is 3.32. The highest BCUT2D eigenvalue weighted by Crippen LogP contribution is 2.23. The molecular formula is C13H21ClN2O2. The predicted molar refractivity (Wildman–Crippen MR) is 73.5 cm³/mol. The van der Waals surface area contributed by atoms with Crippen LogP contribution in [0.4, 0.5) is 0 Å². The molecule has 0 radical (unpaired) electrons. The second kappa shape index (κ2) is 7.56. The summed E-state index contributed by atoms with van der Waals surface area (Å²) < 4.78 is 10.5. The van der Waals surface area contributed by atoms with Crippen LogP contribution in [0.5, 0.6) is 5.75 Å². The van der Waals surface area contributed by atoms with Crippen molar-refractivity contribution in [3.05, 3.63) is 23.0 Å². The molecule has 5 heteroatoms. The molecule has 1 heterocycles. The average Bonchev–Trinajstić information content (AvgIpc) is 2.37. The smallest absolute Gasteiger partial charge is 0.128 e. The standard InChI is InChI=1S/C13H21ClN2O2/c1-9-6-16-12(10(2)13(9)18-4)7-15-11(5-14)8-17-3/h6,11,15H,5,7-8H2,1-4H3. The number of rotatable bonds is 7. The van der Waals surface area contributed by atoms with Crippen LogP contribution in [0.3, 0.4) is 0 Å². The molecule has 0 saturated carbocycles. The summed E-state index contributed by atoms with van der Waals surface area (Å²) in [5.74, 6) is 1.41. The quantitative estimate of drug-likeness (QED) is 0.772. The van der Waals surface area contributed by atoms with Gasteiger partial charge in [0.2, 0.25) is 0 Å². The van der Waals surface area contributed by atoms with Gasteiger partial charge in [-0.3, -0.25) is 4.98 Å². The summed E-state index contributed by atoms with van der Waals surface area (Å²) >= 11 is 5.85. The maximum atomic E-state index is 5.85. The minimum absolute atomic E-state index is 0.130. The molecule has 1 atom stereocenters. The fourth-order valence-corrected chi connectivity index (χ4v) is 2.05. The highest BCUT2D eigenvalue weighted by atomic mass is 35.5. The summed E-state index contributed by atoms with van der Waals surface area (Å²) in [6, 6.07) is 0.130. The topological polar surface area (TPSA) is 43.4 Å². The van der Waals surface area contributed by atoms with Gasteiger partial charge in [-0.15, -0.1) is 11.6 Å². The van der Waals surface area contributed by atoms with Crippen LogP contribution in [0, 0.1) is 13.8 Å². The van der Waals surface area contributed by atoms with E-state index < -0.39 is 0 Å². The maximum absolute atomic E-state index is 5.85. The van der Waals surface area contributed by atoms with E-state index in [2.05, 4.69) is 10.3 Å². The summed E-state index contributed by atoms with van der Waals surface area (Å²) in [6.45, 7) is 5.25. The second-order valence-electron chi connectivity index (χ2n) is 4.23. The van der Waals surface area contributed by atoms with E-state index in [4.69, 9.17) is 21.1 Å². The molecule has 1 unspecified atom stereocenters. The Morgan fingerprint density at radius 3 is 2.67 bits per heavy atom. The van der Waals surface area contributed by atoms with Gasteiger partial charge in [0.15, 0.2) is 0 Å². The molecule has 18 heavy (non-hydrogen) atoms. The lowest BCUT2D eigenvalue weighted by atomic mass is 10.1. The molecule has 0 spiro atoms. The third-order valence-corrected chi connectivity index (χ3v) is 3.23. The van der Waals surface area contributed by atoms with Crippen molar-refractivity contribution in [3.63, 3.8) is 0 Å². The van der Waals surface area contributed by atoms with Crippen LogP contribution in [0.2, 0.25) is 0 Å². The predicted octanol–water partition coefficient (Wildman–Crippen LogP) is 2.05. The first-order valence-corrected chi connectivity index (χ1v) is 6.44. The maximum Gasteiger partial charge on any atom is 0.128 e. The van der Waals surface area contributed by atoms with Crippen molar-refractivity contribution < 1.29 is 9.47 Å². The molecule has 0 fully saturated rings. The van der Waals surface area contributed by atoms with E-state index in [9.17, 15) is 0 Å². The van der Waals surface area contributed by atoms with E-state index in [1.165, 1.54) is 0 Å². The monoisotopic (exact) mass is 272 g/mol. The molecule has 0 saturated heterocycles. The molecule has 0 aliphatic rings. The minimum Gasteiger partial charge on any atom is -0.496 e. The second-order valence-corrected chi connectivity index (χ2v) is 4.54. The van der Waals surface area contributed by atoms with Crippen LogP contribution >= 0.6 is 11.6 Å². The van der Waals surface area contributed by atoms with Crippen LogP contribution < -0.4 is 10.1 Å². The minimum atomic E-state index is 0.130. The Kier molecular flexibility index (Phi) is 6.39. The molecule has 1 rings (SSSR count). The van der Waals surface area contributed by atoms with Gasteiger partial charge < -0.3 is 14.8 Å². The number of methoxy groups -OCH3 is 2. The number of pyridine rings is 1. The zero-order valence-electron chi connectivity index (χ0n) is 11.4. The number of nitrogens with one attached hydrogen (secondary N) is 1. The molecule has 0 bridgehead atoms. The van der Waals surface area contributed by atoms with Crippen LogP contribution in [0.15, 0.2) is 6.20 Å². The number of nitrogens with zero attached hydrogens (tertiary/aromatic N) is 1. The first kappa shape index (κ1) is 15.2. The van der Waals surface area contributed by atoms with Crippen LogP contribution in [0.1, 0.15) is 16.8 Å². The van der Waals surface area contributed by atoms with Crippen molar-refractivity contribution in [2.24, 2.45) is 0 Å². The molecule has 0 aliphatic heterocycles. The normalized spacial score (nSPS) is 12.5. The van der Waals surface area contributed by atoms with E-state index in [1.807, 2.05) is 20.0 Å². The third kappa shape index (κ3) is 3.83. The molecule has 1 N–H and O–H groups in total. The molecular weight excluding hydrogens is 252 g/mol. The third-order valence-electron chi connectivity index (χ3n) is 2.86. The lowest BCUT2D eigenvalue weighted by Crippen LogP contribution is -2.34. The van der Waals surface area contributed by atoms with E-state index in [1.54, 1.807) is 14.2 Å². The summed E-state index contributed by atoms with van der Waals surface area (Å²) in [7, 11) is 3.35. The Hall–Kier alpha value is -0.840. The molecule has 0 amide bonds. The molecule has 0 aromatic carbocycles. The summed E-state index contributed by atoms with van der Waals surface area (Å²) in [6.07, 6.45) is 1.83. The number of aryl methyl sites for hydroxylation is 1. The number of aromatic nitrogens is 1.